The van der Waals surface area contributed by atoms with Crippen molar-refractivity contribution in [1.29, 1.82) is 0 Å². The molecule has 0 aromatic heterocycles. The fraction of sp³-hybridized carbons (Fsp3) is 0.524. The second-order valence-corrected chi connectivity index (χ2v) is 9.92. The molecule has 0 radical (unpaired) electrons. The van der Waals surface area contributed by atoms with Gasteiger partial charge < -0.3 is 10.1 Å². The molecule has 0 bridgehead atoms. The summed E-state index contributed by atoms with van der Waals surface area (Å²) in [4.78, 5) is 24.8. The number of carbonyl (C=O) groups excluding carboxylic acids is 2. The lowest BCUT2D eigenvalue weighted by Gasteiger charge is -2.37. The molecule has 7 nitrogen and oxygen atoms in total. The van der Waals surface area contributed by atoms with Crippen LogP contribution in [0.5, 0.6) is 0 Å². The number of hydrogen-bond acceptors (Lipinski definition) is 5. The smallest absolute Gasteiger partial charge is 0.331 e. The van der Waals surface area contributed by atoms with Crippen LogP contribution in [0.25, 0.3) is 6.08 Å². The number of methoxy groups -OCH3 is 1. The number of nitrogens with zero attached hydrogens (tertiary/aromatic N) is 1. The highest BCUT2D eigenvalue weighted by molar-refractivity contribution is 7.93. The molecule has 1 saturated heterocycles. The molecule has 29 heavy (non-hydrogen) atoms. The van der Waals surface area contributed by atoms with Crippen LogP contribution in [0.4, 0.5) is 5.69 Å². The van der Waals surface area contributed by atoms with Gasteiger partial charge in [-0.1, -0.05) is 19.1 Å². The van der Waals surface area contributed by atoms with Crippen molar-refractivity contribution in [2.45, 2.75) is 44.6 Å². The third kappa shape index (κ3) is 4.80. The van der Waals surface area contributed by atoms with Crippen molar-refractivity contribution in [1.82, 2.24) is 5.32 Å². The van der Waals surface area contributed by atoms with Gasteiger partial charge in [-0.3, -0.25) is 9.10 Å². The van der Waals surface area contributed by atoms with Gasteiger partial charge in [0.25, 0.3) is 0 Å². The van der Waals surface area contributed by atoms with Crippen molar-refractivity contribution in [3.8, 4) is 0 Å². The summed E-state index contributed by atoms with van der Waals surface area (Å²) in [6.07, 6.45) is 6.53. The third-order valence-corrected chi connectivity index (χ3v) is 7.64. The Labute approximate surface area is 172 Å². The second-order valence-electron chi connectivity index (χ2n) is 7.91. The molecular formula is C21H28N2O5S. The first-order chi connectivity index (χ1) is 13.8. The summed E-state index contributed by atoms with van der Waals surface area (Å²) in [6, 6.07) is 7.01. The van der Waals surface area contributed by atoms with Crippen LogP contribution in [-0.4, -0.2) is 45.2 Å². The summed E-state index contributed by atoms with van der Waals surface area (Å²) in [7, 11) is -1.87. The van der Waals surface area contributed by atoms with E-state index in [1.54, 1.807) is 30.3 Å². The van der Waals surface area contributed by atoms with Crippen LogP contribution >= 0.6 is 0 Å². The molecule has 1 heterocycles. The van der Waals surface area contributed by atoms with Gasteiger partial charge >= 0.3 is 5.97 Å². The van der Waals surface area contributed by atoms with E-state index in [4.69, 9.17) is 4.74 Å². The van der Waals surface area contributed by atoms with Gasteiger partial charge in [0.2, 0.25) is 15.9 Å². The number of carbonyl (C=O) groups is 2. The first-order valence-corrected chi connectivity index (χ1v) is 11.6. The zero-order valence-electron chi connectivity index (χ0n) is 16.9. The SMILES string of the molecule is COC(=O)C1(NC(=O)/C=C/c2ccc(N3CCCS3(=O)=O)cc2)CCC(C)CC1. The monoisotopic (exact) mass is 420 g/mol. The molecule has 0 unspecified atom stereocenters. The van der Waals surface area contributed by atoms with E-state index in [-0.39, 0.29) is 11.7 Å². The maximum absolute atomic E-state index is 12.5. The lowest BCUT2D eigenvalue weighted by Crippen LogP contribution is -2.56. The minimum absolute atomic E-state index is 0.176. The Morgan fingerprint density at radius 3 is 2.41 bits per heavy atom. The molecule has 1 aromatic carbocycles. The Bertz CT molecular complexity index is 884. The number of ether oxygens (including phenoxy) is 1. The summed E-state index contributed by atoms with van der Waals surface area (Å²) in [6.45, 7) is 2.63. The molecular weight excluding hydrogens is 392 g/mol. The van der Waals surface area contributed by atoms with Crippen LogP contribution in [0.1, 0.15) is 44.6 Å². The first kappa shape index (κ1) is 21.4. The van der Waals surface area contributed by atoms with Gasteiger partial charge in [0, 0.05) is 12.6 Å². The van der Waals surface area contributed by atoms with E-state index < -0.39 is 21.5 Å². The molecule has 1 aliphatic carbocycles. The van der Waals surface area contributed by atoms with E-state index in [0.29, 0.717) is 37.4 Å². The number of esters is 1. The van der Waals surface area contributed by atoms with E-state index >= 15 is 0 Å². The molecule has 1 aliphatic heterocycles. The maximum Gasteiger partial charge on any atom is 0.331 e. The van der Waals surface area contributed by atoms with Crippen molar-refractivity contribution in [3.05, 3.63) is 35.9 Å². The standard InChI is InChI=1S/C21H28N2O5S/c1-16-10-12-21(13-11-16,20(25)28-2)22-19(24)9-6-17-4-7-18(8-5-17)23-14-3-15-29(23,26)27/h4-9,16H,3,10-15H2,1-2H3,(H,22,24)/b9-6+. The quantitative estimate of drug-likeness (QED) is 0.584. The number of anilines is 1. The summed E-state index contributed by atoms with van der Waals surface area (Å²) in [5, 5.41) is 2.85. The zero-order chi connectivity index (χ0) is 21.1. The molecule has 1 aromatic rings. The predicted molar refractivity (Wildman–Crippen MR) is 112 cm³/mol. The van der Waals surface area contributed by atoms with Crippen LogP contribution in [0.15, 0.2) is 30.3 Å². The fourth-order valence-electron chi connectivity index (χ4n) is 3.96. The number of benzene rings is 1. The molecule has 3 rings (SSSR count). The summed E-state index contributed by atoms with van der Waals surface area (Å²) in [5.74, 6) is -0.0492. The number of nitrogens with one attached hydrogen (secondary N) is 1. The molecule has 0 spiro atoms. The van der Waals surface area contributed by atoms with E-state index in [2.05, 4.69) is 12.2 Å². The largest absolute Gasteiger partial charge is 0.467 e. The predicted octanol–water partition coefficient (Wildman–Crippen LogP) is 2.48. The molecule has 1 amide bonds. The Balaban J connectivity index is 1.66. The van der Waals surface area contributed by atoms with Crippen LogP contribution in [0, 0.1) is 5.92 Å². The number of amides is 1. The molecule has 1 N–H and O–H groups in total. The fourth-order valence-corrected chi connectivity index (χ4v) is 5.53. The topological polar surface area (TPSA) is 92.8 Å². The third-order valence-electron chi connectivity index (χ3n) is 5.77. The first-order valence-electron chi connectivity index (χ1n) is 9.95. The summed E-state index contributed by atoms with van der Waals surface area (Å²) < 4.78 is 30.4. The molecule has 8 heteroatoms. The van der Waals surface area contributed by atoms with Crippen molar-refractivity contribution in [3.63, 3.8) is 0 Å². The van der Waals surface area contributed by atoms with Gasteiger partial charge in [0.1, 0.15) is 5.54 Å². The molecule has 158 valence electrons. The Kier molecular flexibility index (Phi) is 6.31. The van der Waals surface area contributed by atoms with Crippen molar-refractivity contribution in [2.24, 2.45) is 5.92 Å². The van der Waals surface area contributed by atoms with E-state index in [1.807, 2.05) is 0 Å². The normalized spacial score (nSPS) is 26.4. The highest BCUT2D eigenvalue weighted by atomic mass is 32.2. The number of sulfonamides is 1. The number of rotatable bonds is 5. The molecule has 2 aliphatic rings. The maximum atomic E-state index is 12.5. The molecule has 2 fully saturated rings. The van der Waals surface area contributed by atoms with Crippen molar-refractivity contribution in [2.75, 3.05) is 23.7 Å². The summed E-state index contributed by atoms with van der Waals surface area (Å²) in [5.41, 5.74) is 0.436. The van der Waals surface area contributed by atoms with Crippen LogP contribution < -0.4 is 9.62 Å². The van der Waals surface area contributed by atoms with Gasteiger partial charge in [-0.25, -0.2) is 13.2 Å². The average molecular weight is 421 g/mol. The highest BCUT2D eigenvalue weighted by Gasteiger charge is 2.43. The van der Waals surface area contributed by atoms with Crippen molar-refractivity contribution < 1.29 is 22.7 Å². The van der Waals surface area contributed by atoms with Gasteiger partial charge in [0.05, 0.1) is 18.6 Å². The number of hydrogen-bond donors (Lipinski definition) is 1. The van der Waals surface area contributed by atoms with Gasteiger partial charge in [-0.15, -0.1) is 0 Å². The van der Waals surface area contributed by atoms with Crippen molar-refractivity contribution >= 4 is 33.7 Å². The van der Waals surface area contributed by atoms with E-state index in [1.165, 1.54) is 17.5 Å². The Morgan fingerprint density at radius 2 is 1.86 bits per heavy atom. The van der Waals surface area contributed by atoms with E-state index in [9.17, 15) is 18.0 Å². The van der Waals surface area contributed by atoms with Gasteiger partial charge in [-0.05, 0) is 61.8 Å². The Hall–Kier alpha value is -2.35. The van der Waals surface area contributed by atoms with Gasteiger partial charge in [-0.2, -0.15) is 0 Å². The lowest BCUT2D eigenvalue weighted by molar-refractivity contribution is -0.152. The lowest BCUT2D eigenvalue weighted by atomic mass is 9.77. The minimum Gasteiger partial charge on any atom is -0.467 e. The Morgan fingerprint density at radius 1 is 1.21 bits per heavy atom. The van der Waals surface area contributed by atoms with Crippen LogP contribution in [-0.2, 0) is 24.3 Å². The van der Waals surface area contributed by atoms with Gasteiger partial charge in [0.15, 0.2) is 0 Å². The van der Waals surface area contributed by atoms with Crippen LogP contribution in [0.2, 0.25) is 0 Å². The second kappa shape index (κ2) is 8.57. The van der Waals surface area contributed by atoms with E-state index in [0.717, 1.165) is 18.4 Å². The molecule has 0 atom stereocenters. The average Bonchev–Trinajstić information content (AvgIpc) is 3.07. The zero-order valence-corrected chi connectivity index (χ0v) is 17.7. The summed E-state index contributed by atoms with van der Waals surface area (Å²) >= 11 is 0. The minimum atomic E-state index is -3.21. The highest BCUT2D eigenvalue weighted by Crippen LogP contribution is 2.33. The van der Waals surface area contributed by atoms with Crippen LogP contribution in [0.3, 0.4) is 0 Å². The molecule has 1 saturated carbocycles.